The molecule has 1 aromatic carbocycles. The Hall–Kier alpha value is -2.89. The molecule has 0 aliphatic heterocycles. The van der Waals surface area contributed by atoms with Gasteiger partial charge in [-0.3, -0.25) is 4.79 Å². The van der Waals surface area contributed by atoms with Gasteiger partial charge in [-0.15, -0.1) is 0 Å². The van der Waals surface area contributed by atoms with Gasteiger partial charge in [0.1, 0.15) is 5.82 Å². The second-order valence-electron chi connectivity index (χ2n) is 5.74. The molecule has 1 amide bonds. The predicted molar refractivity (Wildman–Crippen MR) is 90.6 cm³/mol. The van der Waals surface area contributed by atoms with Gasteiger partial charge in [-0.2, -0.15) is 0 Å². The molecule has 5 nitrogen and oxygen atoms in total. The zero-order valence-corrected chi connectivity index (χ0v) is 13.8. The van der Waals surface area contributed by atoms with Crippen LogP contribution >= 0.6 is 0 Å². The number of fused-ring (bicyclic) bond motifs is 1. The van der Waals surface area contributed by atoms with Crippen molar-refractivity contribution < 1.29 is 13.6 Å². The predicted octanol–water partition coefficient (Wildman–Crippen LogP) is 3.27. The minimum atomic E-state index is -0.475. The molecule has 6 heteroatoms. The van der Waals surface area contributed by atoms with Crippen LogP contribution in [0.3, 0.4) is 0 Å². The van der Waals surface area contributed by atoms with Crippen LogP contribution in [-0.4, -0.2) is 25.0 Å². The van der Waals surface area contributed by atoms with E-state index in [9.17, 15) is 9.18 Å². The molecule has 0 fully saturated rings. The van der Waals surface area contributed by atoms with Gasteiger partial charge in [-0.25, -0.2) is 9.37 Å². The van der Waals surface area contributed by atoms with Crippen LogP contribution in [0, 0.1) is 12.7 Å². The van der Waals surface area contributed by atoms with Crippen molar-refractivity contribution in [1.29, 1.82) is 0 Å². The number of hydrogen-bond donors (Lipinski definition) is 1. The van der Waals surface area contributed by atoms with Crippen molar-refractivity contribution >= 4 is 22.7 Å². The lowest BCUT2D eigenvalue weighted by atomic mass is 10.1. The Morgan fingerprint density at radius 3 is 2.79 bits per heavy atom. The summed E-state index contributed by atoms with van der Waals surface area (Å²) in [4.78, 5) is 18.6. The Bertz CT molecular complexity index is 902. The molecule has 2 heterocycles. The average molecular weight is 327 g/mol. The Labute approximate surface area is 139 Å². The lowest BCUT2D eigenvalue weighted by molar-refractivity contribution is 0.0924. The van der Waals surface area contributed by atoms with Gasteiger partial charge in [0.15, 0.2) is 17.2 Å². The van der Waals surface area contributed by atoms with E-state index >= 15 is 0 Å². The van der Waals surface area contributed by atoms with Crippen LogP contribution in [0.25, 0.3) is 11.0 Å². The number of nitrogens with zero attached hydrogens (tertiary/aromatic N) is 2. The maximum absolute atomic E-state index is 13.8. The van der Waals surface area contributed by atoms with E-state index in [1.54, 1.807) is 25.3 Å². The highest BCUT2D eigenvalue weighted by atomic mass is 19.1. The molecule has 0 radical (unpaired) electrons. The number of anilines is 1. The zero-order chi connectivity index (χ0) is 17.3. The first kappa shape index (κ1) is 16.0. The highest BCUT2D eigenvalue weighted by Gasteiger charge is 2.19. The maximum atomic E-state index is 13.8. The van der Waals surface area contributed by atoms with Crippen LogP contribution in [0.15, 0.2) is 40.9 Å². The van der Waals surface area contributed by atoms with Gasteiger partial charge in [-0.05, 0) is 19.1 Å². The van der Waals surface area contributed by atoms with Crippen LogP contribution in [0.5, 0.6) is 0 Å². The summed E-state index contributed by atoms with van der Waals surface area (Å²) in [6.45, 7) is 2.05. The van der Waals surface area contributed by atoms with Crippen molar-refractivity contribution in [2.75, 3.05) is 19.0 Å². The smallest absolute Gasteiger partial charge is 0.287 e. The first-order valence-corrected chi connectivity index (χ1v) is 7.56. The van der Waals surface area contributed by atoms with Crippen LogP contribution in [0.1, 0.15) is 21.7 Å². The second kappa shape index (κ2) is 6.31. The van der Waals surface area contributed by atoms with Gasteiger partial charge in [-0.1, -0.05) is 18.2 Å². The van der Waals surface area contributed by atoms with E-state index in [1.807, 2.05) is 31.1 Å². The van der Waals surface area contributed by atoms with Crippen molar-refractivity contribution in [3.8, 4) is 0 Å². The van der Waals surface area contributed by atoms with Gasteiger partial charge in [0.25, 0.3) is 5.91 Å². The normalized spacial score (nSPS) is 10.8. The zero-order valence-electron chi connectivity index (χ0n) is 13.8. The summed E-state index contributed by atoms with van der Waals surface area (Å²) in [6, 6.07) is 8.36. The van der Waals surface area contributed by atoms with Gasteiger partial charge in [0.05, 0.1) is 0 Å². The Balaban J connectivity index is 1.84. The number of para-hydroxylation sites is 1. The SMILES string of the molecule is Cc1c(C(=O)NCc2cccnc2N(C)C)oc2c(F)cccc12. The summed E-state index contributed by atoms with van der Waals surface area (Å²) in [5, 5.41) is 3.42. The highest BCUT2D eigenvalue weighted by molar-refractivity contribution is 5.99. The van der Waals surface area contributed by atoms with E-state index in [2.05, 4.69) is 10.3 Å². The largest absolute Gasteiger partial charge is 0.448 e. The summed E-state index contributed by atoms with van der Waals surface area (Å²) >= 11 is 0. The van der Waals surface area contributed by atoms with Gasteiger partial charge in [0.2, 0.25) is 0 Å². The highest BCUT2D eigenvalue weighted by Crippen LogP contribution is 2.27. The van der Waals surface area contributed by atoms with Crippen molar-refractivity contribution in [3.63, 3.8) is 0 Å². The second-order valence-corrected chi connectivity index (χ2v) is 5.74. The maximum Gasteiger partial charge on any atom is 0.287 e. The molecule has 0 bridgehead atoms. The lowest BCUT2D eigenvalue weighted by Crippen LogP contribution is -2.24. The molecule has 0 saturated heterocycles. The molecule has 0 atom stereocenters. The fraction of sp³-hybridized carbons (Fsp3) is 0.222. The van der Waals surface area contributed by atoms with Gasteiger partial charge in [0, 0.05) is 43.4 Å². The summed E-state index contributed by atoms with van der Waals surface area (Å²) in [5.74, 6) is 0.0593. The number of carbonyl (C=O) groups is 1. The molecular weight excluding hydrogens is 309 g/mol. The van der Waals surface area contributed by atoms with Crippen LogP contribution in [0.4, 0.5) is 10.2 Å². The van der Waals surface area contributed by atoms with Crippen molar-refractivity contribution in [2.24, 2.45) is 0 Å². The first-order valence-electron chi connectivity index (χ1n) is 7.56. The number of benzene rings is 1. The van der Waals surface area contributed by atoms with Crippen molar-refractivity contribution in [3.05, 3.63) is 59.2 Å². The number of rotatable bonds is 4. The molecule has 3 aromatic rings. The minimum absolute atomic E-state index is 0.107. The molecule has 0 unspecified atom stereocenters. The number of halogens is 1. The number of aryl methyl sites for hydroxylation is 1. The van der Waals surface area contributed by atoms with E-state index in [4.69, 9.17) is 4.42 Å². The topological polar surface area (TPSA) is 58.4 Å². The van der Waals surface area contributed by atoms with E-state index in [0.717, 1.165) is 11.4 Å². The summed E-state index contributed by atoms with van der Waals surface area (Å²) in [6.07, 6.45) is 1.70. The summed E-state index contributed by atoms with van der Waals surface area (Å²) in [7, 11) is 3.78. The lowest BCUT2D eigenvalue weighted by Gasteiger charge is -2.15. The van der Waals surface area contributed by atoms with E-state index in [0.29, 0.717) is 17.5 Å². The third kappa shape index (κ3) is 2.82. The van der Waals surface area contributed by atoms with Crippen LogP contribution in [-0.2, 0) is 6.54 Å². The first-order chi connectivity index (χ1) is 11.5. The fourth-order valence-corrected chi connectivity index (χ4v) is 2.65. The van der Waals surface area contributed by atoms with Gasteiger partial charge >= 0.3 is 0 Å². The quantitative estimate of drug-likeness (QED) is 0.799. The molecule has 2 aromatic heterocycles. The monoisotopic (exact) mass is 327 g/mol. The third-order valence-corrected chi connectivity index (χ3v) is 3.85. The molecule has 0 aliphatic rings. The third-order valence-electron chi connectivity index (χ3n) is 3.85. The number of amides is 1. The number of carbonyl (C=O) groups excluding carboxylic acids is 1. The molecule has 0 spiro atoms. The summed E-state index contributed by atoms with van der Waals surface area (Å²) < 4.78 is 19.2. The van der Waals surface area contributed by atoms with Crippen molar-refractivity contribution in [1.82, 2.24) is 10.3 Å². The van der Waals surface area contributed by atoms with E-state index in [-0.39, 0.29) is 17.3 Å². The van der Waals surface area contributed by atoms with Crippen molar-refractivity contribution in [2.45, 2.75) is 13.5 Å². The standard InChI is InChI=1S/C18H18FN3O2/c1-11-13-7-4-8-14(19)16(13)24-15(11)18(23)21-10-12-6-5-9-20-17(12)22(2)3/h4-9H,10H2,1-3H3,(H,21,23). The van der Waals surface area contributed by atoms with Gasteiger partial charge < -0.3 is 14.6 Å². The molecule has 3 rings (SSSR count). The Kier molecular flexibility index (Phi) is 4.20. The van der Waals surface area contributed by atoms with Crippen LogP contribution < -0.4 is 10.2 Å². The Morgan fingerprint density at radius 2 is 2.08 bits per heavy atom. The number of furan rings is 1. The molecule has 124 valence electrons. The minimum Gasteiger partial charge on any atom is -0.448 e. The van der Waals surface area contributed by atoms with E-state index < -0.39 is 5.82 Å². The number of aromatic nitrogens is 1. The number of hydrogen-bond acceptors (Lipinski definition) is 4. The molecular formula is C18H18FN3O2. The molecule has 1 N–H and O–H groups in total. The fourth-order valence-electron chi connectivity index (χ4n) is 2.65. The van der Waals surface area contributed by atoms with Crippen LogP contribution in [0.2, 0.25) is 0 Å². The summed E-state index contributed by atoms with van der Waals surface area (Å²) in [5.41, 5.74) is 1.62. The number of nitrogens with one attached hydrogen (secondary N) is 1. The van der Waals surface area contributed by atoms with E-state index in [1.165, 1.54) is 6.07 Å². The Morgan fingerprint density at radius 1 is 1.29 bits per heavy atom. The molecule has 0 aliphatic carbocycles. The number of pyridine rings is 1. The molecule has 0 saturated carbocycles. The molecule has 24 heavy (non-hydrogen) atoms. The average Bonchev–Trinajstić information content (AvgIpc) is 2.91.